The fraction of sp³-hybridized carbons (Fsp3) is 1.00. The number of aliphatic hydroxyl groups excluding tert-OH is 1. The summed E-state index contributed by atoms with van der Waals surface area (Å²) in [5, 5.41) is 10.3. The van der Waals surface area contributed by atoms with Crippen molar-refractivity contribution in [1.29, 1.82) is 0 Å². The molecule has 0 spiro atoms. The molecule has 7 atom stereocenters. The topological polar surface area (TPSA) is 23.5 Å². The summed E-state index contributed by atoms with van der Waals surface area (Å²) >= 11 is 0. The molecule has 1 heterocycles. The number of nitrogens with zero attached hydrogens (tertiary/aromatic N) is 1. The normalized spacial score (nSPS) is 48.4. The zero-order valence-electron chi connectivity index (χ0n) is 19.5. The van der Waals surface area contributed by atoms with E-state index in [0.29, 0.717) is 16.5 Å². The third-order valence-corrected chi connectivity index (χ3v) is 10.8. The van der Waals surface area contributed by atoms with Crippen molar-refractivity contribution in [2.24, 2.45) is 29.1 Å². The van der Waals surface area contributed by atoms with E-state index in [0.717, 1.165) is 36.5 Å². The van der Waals surface area contributed by atoms with Crippen molar-refractivity contribution >= 4 is 0 Å². The molecule has 0 aromatic heterocycles. The second-order valence-electron chi connectivity index (χ2n) is 11.8. The molecule has 0 amide bonds. The molecule has 1 saturated heterocycles. The molecule has 4 aliphatic rings. The molecule has 4 rings (SSSR count). The summed E-state index contributed by atoms with van der Waals surface area (Å²) in [6, 6.07) is 0. The molecule has 28 heavy (non-hydrogen) atoms. The lowest BCUT2D eigenvalue weighted by Gasteiger charge is -2.67. The Hall–Kier alpha value is -0.0800. The molecule has 7 unspecified atom stereocenters. The van der Waals surface area contributed by atoms with Crippen LogP contribution in [-0.2, 0) is 0 Å². The average Bonchev–Trinajstić information content (AvgIpc) is 2.66. The van der Waals surface area contributed by atoms with Gasteiger partial charge in [0.05, 0.1) is 6.10 Å². The van der Waals surface area contributed by atoms with Crippen molar-refractivity contribution in [2.45, 2.75) is 128 Å². The van der Waals surface area contributed by atoms with Gasteiger partial charge in [0.1, 0.15) is 0 Å². The van der Waals surface area contributed by atoms with Crippen LogP contribution in [-0.4, -0.2) is 34.2 Å². The second-order valence-corrected chi connectivity index (χ2v) is 11.8. The highest BCUT2D eigenvalue weighted by molar-refractivity contribution is 5.13. The lowest BCUT2D eigenvalue weighted by molar-refractivity contribution is -0.175. The van der Waals surface area contributed by atoms with Crippen LogP contribution >= 0.6 is 0 Å². The first-order chi connectivity index (χ1) is 13.3. The Morgan fingerprint density at radius 3 is 2.21 bits per heavy atom. The zero-order valence-corrected chi connectivity index (χ0v) is 19.5. The lowest BCUT2D eigenvalue weighted by atomic mass is 9.44. The highest BCUT2D eigenvalue weighted by atomic mass is 16.3. The summed E-state index contributed by atoms with van der Waals surface area (Å²) in [6.45, 7) is 10.0. The molecule has 2 heteroatoms. The average molecular weight is 390 g/mol. The van der Waals surface area contributed by atoms with Crippen molar-refractivity contribution in [3.63, 3.8) is 0 Å². The van der Waals surface area contributed by atoms with Crippen LogP contribution < -0.4 is 0 Å². The summed E-state index contributed by atoms with van der Waals surface area (Å²) in [6.07, 6.45) is 17.3. The highest BCUT2D eigenvalue weighted by Crippen LogP contribution is 2.64. The Morgan fingerprint density at radius 1 is 0.857 bits per heavy atom. The molecule has 162 valence electrons. The molecular weight excluding hydrogens is 342 g/mol. The van der Waals surface area contributed by atoms with Crippen LogP contribution in [0.4, 0.5) is 0 Å². The number of likely N-dealkylation sites (tertiary alicyclic amines) is 1. The van der Waals surface area contributed by atoms with Gasteiger partial charge in [-0.05, 0) is 114 Å². The van der Waals surface area contributed by atoms with E-state index >= 15 is 0 Å². The SMILES string of the molecule is CCCC1(CCC)CCC2C3CCC4CC(O)CCC4(C)C3CCC2(C)N1C. The Bertz CT molecular complexity index is 555. The van der Waals surface area contributed by atoms with Crippen molar-refractivity contribution in [2.75, 3.05) is 7.05 Å². The summed E-state index contributed by atoms with van der Waals surface area (Å²) < 4.78 is 0. The van der Waals surface area contributed by atoms with Gasteiger partial charge in [0.15, 0.2) is 0 Å². The van der Waals surface area contributed by atoms with Gasteiger partial charge >= 0.3 is 0 Å². The van der Waals surface area contributed by atoms with Crippen molar-refractivity contribution in [3.8, 4) is 0 Å². The van der Waals surface area contributed by atoms with Gasteiger partial charge in [-0.2, -0.15) is 0 Å². The van der Waals surface area contributed by atoms with E-state index < -0.39 is 0 Å². The van der Waals surface area contributed by atoms with Crippen molar-refractivity contribution < 1.29 is 5.11 Å². The van der Waals surface area contributed by atoms with E-state index in [1.165, 1.54) is 70.6 Å². The van der Waals surface area contributed by atoms with Crippen LogP contribution in [0.1, 0.15) is 111 Å². The third-order valence-electron chi connectivity index (χ3n) is 10.8. The summed E-state index contributed by atoms with van der Waals surface area (Å²) in [5.41, 5.74) is 1.36. The number of rotatable bonds is 4. The molecule has 2 nitrogen and oxygen atoms in total. The first-order valence-electron chi connectivity index (χ1n) is 12.7. The van der Waals surface area contributed by atoms with Crippen molar-refractivity contribution in [1.82, 2.24) is 4.90 Å². The van der Waals surface area contributed by atoms with Crippen LogP contribution in [0.3, 0.4) is 0 Å². The highest BCUT2D eigenvalue weighted by Gasteiger charge is 2.61. The quantitative estimate of drug-likeness (QED) is 0.600. The minimum atomic E-state index is -0.0204. The predicted molar refractivity (Wildman–Crippen MR) is 118 cm³/mol. The second kappa shape index (κ2) is 7.56. The van der Waals surface area contributed by atoms with Gasteiger partial charge < -0.3 is 5.11 Å². The molecule has 1 aliphatic heterocycles. The number of piperidine rings is 1. The van der Waals surface area contributed by atoms with Gasteiger partial charge in [0.2, 0.25) is 0 Å². The van der Waals surface area contributed by atoms with Crippen LogP contribution in [0.2, 0.25) is 0 Å². The smallest absolute Gasteiger partial charge is 0.0543 e. The van der Waals surface area contributed by atoms with Crippen LogP contribution in [0.5, 0.6) is 0 Å². The minimum Gasteiger partial charge on any atom is -0.393 e. The lowest BCUT2D eigenvalue weighted by Crippen LogP contribution is -2.68. The van der Waals surface area contributed by atoms with E-state index in [1.807, 2.05) is 0 Å². The maximum absolute atomic E-state index is 10.3. The van der Waals surface area contributed by atoms with Gasteiger partial charge in [0.25, 0.3) is 0 Å². The zero-order chi connectivity index (χ0) is 20.2. The summed E-state index contributed by atoms with van der Waals surface area (Å²) in [7, 11) is 2.50. The summed E-state index contributed by atoms with van der Waals surface area (Å²) in [5.74, 6) is 3.51. The Kier molecular flexibility index (Phi) is 5.71. The fourth-order valence-electron chi connectivity index (χ4n) is 9.25. The maximum atomic E-state index is 10.3. The maximum Gasteiger partial charge on any atom is 0.0543 e. The van der Waals surface area contributed by atoms with Crippen LogP contribution in [0.15, 0.2) is 0 Å². The van der Waals surface area contributed by atoms with Gasteiger partial charge in [-0.3, -0.25) is 4.90 Å². The monoisotopic (exact) mass is 389 g/mol. The fourth-order valence-corrected chi connectivity index (χ4v) is 9.25. The standard InChI is InChI=1S/C26H47NO/c1-6-13-26(14-7-2)17-12-23-21-9-8-19-18-20(28)10-15-24(19,3)22(21)11-16-25(23,4)27(26)5/h19-23,28H,6-18H2,1-5H3. The number of aliphatic hydroxyl groups is 1. The molecule has 0 aromatic carbocycles. The third kappa shape index (κ3) is 3.03. The van der Waals surface area contributed by atoms with E-state index in [4.69, 9.17) is 0 Å². The van der Waals surface area contributed by atoms with E-state index in [9.17, 15) is 5.11 Å². The first kappa shape index (κ1) is 21.2. The number of hydrogen-bond donors (Lipinski definition) is 1. The van der Waals surface area contributed by atoms with Crippen LogP contribution in [0, 0.1) is 29.1 Å². The molecular formula is C26H47NO. The Morgan fingerprint density at radius 2 is 1.54 bits per heavy atom. The van der Waals surface area contributed by atoms with Gasteiger partial charge in [-0.25, -0.2) is 0 Å². The van der Waals surface area contributed by atoms with E-state index in [1.54, 1.807) is 0 Å². The Labute approximate surface area is 174 Å². The van der Waals surface area contributed by atoms with Gasteiger partial charge in [-0.1, -0.05) is 33.6 Å². The van der Waals surface area contributed by atoms with E-state index in [2.05, 4.69) is 39.6 Å². The predicted octanol–water partition coefficient (Wildman–Crippen LogP) is 6.41. The molecule has 3 saturated carbocycles. The Balaban J connectivity index is 1.60. The molecule has 0 radical (unpaired) electrons. The molecule has 1 N–H and O–H groups in total. The van der Waals surface area contributed by atoms with Gasteiger partial charge in [0, 0.05) is 11.1 Å². The number of fused-ring (bicyclic) bond motifs is 5. The largest absolute Gasteiger partial charge is 0.393 e. The molecule has 3 aliphatic carbocycles. The minimum absolute atomic E-state index is 0.0204. The van der Waals surface area contributed by atoms with Crippen LogP contribution in [0.25, 0.3) is 0 Å². The van der Waals surface area contributed by atoms with E-state index in [-0.39, 0.29) is 6.10 Å². The van der Waals surface area contributed by atoms with Crippen molar-refractivity contribution in [3.05, 3.63) is 0 Å². The molecule has 4 fully saturated rings. The summed E-state index contributed by atoms with van der Waals surface area (Å²) in [4.78, 5) is 2.93. The molecule has 0 aromatic rings. The van der Waals surface area contributed by atoms with Gasteiger partial charge in [-0.15, -0.1) is 0 Å². The molecule has 0 bridgehead atoms. The number of hydrogen-bond acceptors (Lipinski definition) is 2. The first-order valence-corrected chi connectivity index (χ1v) is 12.7.